The zero-order chi connectivity index (χ0) is 17.5. The number of hydrogen-bond donors (Lipinski definition) is 1. The van der Waals surface area contributed by atoms with Crippen LogP contribution in [0.1, 0.15) is 58.8 Å². The minimum absolute atomic E-state index is 0.337. The monoisotopic (exact) mass is 352 g/mol. The Labute approximate surface area is 146 Å². The minimum atomic E-state index is -0.412. The number of thioether (sulfide) groups is 1. The third kappa shape index (κ3) is 4.32. The first kappa shape index (κ1) is 18.8. The lowest BCUT2D eigenvalue weighted by atomic mass is 10.1. The van der Waals surface area contributed by atoms with Gasteiger partial charge in [0, 0.05) is 19.3 Å². The van der Waals surface area contributed by atoms with Crippen LogP contribution in [-0.4, -0.2) is 24.9 Å². The second-order valence-corrected chi connectivity index (χ2v) is 7.21. The van der Waals surface area contributed by atoms with E-state index >= 15 is 0 Å². The molecule has 0 radical (unpaired) electrons. The number of nitrogens with one attached hydrogen (secondary N) is 1. The van der Waals surface area contributed by atoms with Gasteiger partial charge >= 0.3 is 5.69 Å². The van der Waals surface area contributed by atoms with Gasteiger partial charge in [0.15, 0.2) is 16.3 Å². The molecule has 24 heavy (non-hydrogen) atoms. The Kier molecular flexibility index (Phi) is 7.15. The van der Waals surface area contributed by atoms with E-state index in [4.69, 9.17) is 0 Å². The topological polar surface area (TPSA) is 72.7 Å². The SMILES string of the molecule is CCCCCCCn1c(SCCCC)nc2c1c(=O)[nH]c(=O)n2C. The number of fused-ring (bicyclic) bond motifs is 1. The zero-order valence-corrected chi connectivity index (χ0v) is 15.7. The van der Waals surface area contributed by atoms with E-state index in [-0.39, 0.29) is 5.56 Å². The normalized spacial score (nSPS) is 11.5. The van der Waals surface area contributed by atoms with Gasteiger partial charge in [-0.1, -0.05) is 57.7 Å². The van der Waals surface area contributed by atoms with Gasteiger partial charge < -0.3 is 4.57 Å². The van der Waals surface area contributed by atoms with Crippen LogP contribution in [0.3, 0.4) is 0 Å². The van der Waals surface area contributed by atoms with Crippen molar-refractivity contribution in [1.29, 1.82) is 0 Å². The van der Waals surface area contributed by atoms with Crippen molar-refractivity contribution < 1.29 is 0 Å². The third-order valence-corrected chi connectivity index (χ3v) is 5.25. The van der Waals surface area contributed by atoms with Gasteiger partial charge in [0.1, 0.15) is 0 Å². The molecular weight excluding hydrogens is 324 g/mol. The number of H-pyrrole nitrogens is 1. The van der Waals surface area contributed by atoms with E-state index in [2.05, 4.69) is 23.8 Å². The van der Waals surface area contributed by atoms with E-state index in [0.29, 0.717) is 11.2 Å². The molecular formula is C17H28N4O2S. The van der Waals surface area contributed by atoms with Crippen LogP contribution in [0.2, 0.25) is 0 Å². The largest absolute Gasteiger partial charge is 0.329 e. The maximum absolute atomic E-state index is 12.3. The second kappa shape index (κ2) is 9.11. The fourth-order valence-electron chi connectivity index (χ4n) is 2.71. The number of unbranched alkanes of at least 4 members (excludes halogenated alkanes) is 5. The van der Waals surface area contributed by atoms with E-state index in [9.17, 15) is 9.59 Å². The summed E-state index contributed by atoms with van der Waals surface area (Å²) in [5, 5.41) is 0.848. The Balaban J connectivity index is 2.32. The number of nitrogens with zero attached hydrogens (tertiary/aromatic N) is 3. The zero-order valence-electron chi connectivity index (χ0n) is 14.9. The maximum Gasteiger partial charge on any atom is 0.329 e. The molecule has 0 aliphatic heterocycles. The molecule has 7 heteroatoms. The van der Waals surface area contributed by atoms with Crippen molar-refractivity contribution in [3.8, 4) is 0 Å². The summed E-state index contributed by atoms with van der Waals surface area (Å²) in [6, 6.07) is 0. The molecule has 6 nitrogen and oxygen atoms in total. The molecule has 0 saturated carbocycles. The van der Waals surface area contributed by atoms with Gasteiger partial charge in [-0.25, -0.2) is 9.78 Å². The summed E-state index contributed by atoms with van der Waals surface area (Å²) in [4.78, 5) is 31.1. The highest BCUT2D eigenvalue weighted by molar-refractivity contribution is 7.99. The van der Waals surface area contributed by atoms with Crippen molar-refractivity contribution in [1.82, 2.24) is 19.1 Å². The lowest BCUT2D eigenvalue weighted by Gasteiger charge is -2.08. The van der Waals surface area contributed by atoms with E-state index in [1.807, 2.05) is 4.57 Å². The van der Waals surface area contributed by atoms with Gasteiger partial charge in [-0.2, -0.15) is 0 Å². The lowest BCUT2D eigenvalue weighted by Crippen LogP contribution is -2.29. The smallest absolute Gasteiger partial charge is 0.313 e. The third-order valence-electron chi connectivity index (χ3n) is 4.19. The van der Waals surface area contributed by atoms with Crippen molar-refractivity contribution >= 4 is 22.9 Å². The quantitative estimate of drug-likeness (QED) is 0.526. The maximum atomic E-state index is 12.3. The molecule has 2 rings (SSSR count). The molecule has 0 aliphatic carbocycles. The van der Waals surface area contributed by atoms with Gasteiger partial charge in [-0.15, -0.1) is 0 Å². The summed E-state index contributed by atoms with van der Waals surface area (Å²) in [7, 11) is 1.65. The standard InChI is InChI=1S/C17H28N4O2S/c1-4-6-8-9-10-11-21-13-14(18-17(21)24-12-7-5-2)20(3)16(23)19-15(13)22/h4-12H2,1-3H3,(H,19,22,23). The van der Waals surface area contributed by atoms with E-state index < -0.39 is 5.69 Å². The van der Waals surface area contributed by atoms with Crippen molar-refractivity contribution in [3.63, 3.8) is 0 Å². The fourth-order valence-corrected chi connectivity index (χ4v) is 3.82. The van der Waals surface area contributed by atoms with Crippen LogP contribution in [0, 0.1) is 0 Å². The summed E-state index contributed by atoms with van der Waals surface area (Å²) in [5.74, 6) is 0.974. The summed E-state index contributed by atoms with van der Waals surface area (Å²) >= 11 is 1.67. The van der Waals surface area contributed by atoms with Crippen molar-refractivity contribution in [2.75, 3.05) is 5.75 Å². The summed E-state index contributed by atoms with van der Waals surface area (Å²) in [6.45, 7) is 5.13. The second-order valence-electron chi connectivity index (χ2n) is 6.15. The Hall–Kier alpha value is -1.50. The highest BCUT2D eigenvalue weighted by Gasteiger charge is 2.17. The molecule has 2 aromatic rings. The highest BCUT2D eigenvalue weighted by Crippen LogP contribution is 2.23. The van der Waals surface area contributed by atoms with Crippen LogP contribution in [0.25, 0.3) is 11.2 Å². The van der Waals surface area contributed by atoms with E-state index in [0.717, 1.165) is 43.1 Å². The molecule has 2 aromatic heterocycles. The summed E-state index contributed by atoms with van der Waals surface area (Å²) < 4.78 is 3.42. The average molecular weight is 353 g/mol. The van der Waals surface area contributed by atoms with Crippen molar-refractivity contribution in [3.05, 3.63) is 20.8 Å². The Morgan fingerprint density at radius 1 is 1.04 bits per heavy atom. The molecule has 0 aromatic carbocycles. The number of hydrogen-bond acceptors (Lipinski definition) is 4. The fraction of sp³-hybridized carbons (Fsp3) is 0.706. The molecule has 134 valence electrons. The van der Waals surface area contributed by atoms with E-state index in [1.165, 1.54) is 23.8 Å². The van der Waals surface area contributed by atoms with Crippen LogP contribution < -0.4 is 11.2 Å². The minimum Gasteiger partial charge on any atom is -0.313 e. The van der Waals surface area contributed by atoms with Crippen LogP contribution in [-0.2, 0) is 13.6 Å². The number of rotatable bonds is 10. The molecule has 0 saturated heterocycles. The number of aryl methyl sites for hydroxylation is 2. The number of imidazole rings is 1. The molecule has 0 fully saturated rings. The van der Waals surface area contributed by atoms with Gasteiger partial charge in [-0.05, 0) is 12.8 Å². The van der Waals surface area contributed by atoms with Gasteiger partial charge in [0.25, 0.3) is 5.56 Å². The molecule has 1 N–H and O–H groups in total. The Morgan fingerprint density at radius 2 is 1.75 bits per heavy atom. The molecule has 0 unspecified atom stereocenters. The highest BCUT2D eigenvalue weighted by atomic mass is 32.2. The van der Waals surface area contributed by atoms with E-state index in [1.54, 1.807) is 18.8 Å². The first-order chi connectivity index (χ1) is 11.6. The summed E-state index contributed by atoms with van der Waals surface area (Å²) in [6.07, 6.45) is 8.09. The predicted molar refractivity (Wildman–Crippen MR) is 100.0 cm³/mol. The average Bonchev–Trinajstić information content (AvgIpc) is 2.92. The molecule has 0 spiro atoms. The first-order valence-electron chi connectivity index (χ1n) is 8.92. The van der Waals surface area contributed by atoms with Crippen LogP contribution in [0.15, 0.2) is 14.7 Å². The van der Waals surface area contributed by atoms with Gasteiger partial charge in [-0.3, -0.25) is 14.3 Å². The Bertz CT molecular complexity index is 775. The molecule has 0 atom stereocenters. The molecule has 0 bridgehead atoms. The number of aromatic nitrogens is 4. The molecule has 0 amide bonds. The predicted octanol–water partition coefficient (Wildman–Crippen LogP) is 3.29. The van der Waals surface area contributed by atoms with Crippen molar-refractivity contribution in [2.45, 2.75) is 70.5 Å². The number of aromatic amines is 1. The van der Waals surface area contributed by atoms with Crippen LogP contribution in [0.5, 0.6) is 0 Å². The van der Waals surface area contributed by atoms with Gasteiger partial charge in [0.2, 0.25) is 0 Å². The molecule has 0 aliphatic rings. The first-order valence-corrected chi connectivity index (χ1v) is 9.91. The summed E-state index contributed by atoms with van der Waals surface area (Å²) in [5.41, 5.74) is 0.254. The van der Waals surface area contributed by atoms with Crippen LogP contribution in [0.4, 0.5) is 0 Å². The molecule has 2 heterocycles. The van der Waals surface area contributed by atoms with Crippen molar-refractivity contribution in [2.24, 2.45) is 7.05 Å². The van der Waals surface area contributed by atoms with Crippen LogP contribution >= 0.6 is 11.8 Å². The van der Waals surface area contributed by atoms with Gasteiger partial charge in [0.05, 0.1) is 0 Å². The lowest BCUT2D eigenvalue weighted by molar-refractivity contribution is 0.551. The Morgan fingerprint density at radius 3 is 2.46 bits per heavy atom.